The molecule has 0 saturated heterocycles. The lowest BCUT2D eigenvalue weighted by atomic mass is 10.0. The number of allylic oxidation sites excluding steroid dienone is 6. The van der Waals surface area contributed by atoms with E-state index in [4.69, 9.17) is 18.5 Å². The number of ether oxygens (including phenoxy) is 2. The Kier molecular flexibility index (Phi) is 39.4. The maximum Gasteiger partial charge on any atom is 0.306 e. The van der Waals surface area contributed by atoms with E-state index in [1.54, 1.807) is 0 Å². The Morgan fingerprint density at radius 2 is 0.983 bits per heavy atom. The first-order chi connectivity index (χ1) is 28.0. The molecule has 0 saturated carbocycles. The number of hydrogen-bond acceptors (Lipinski definition) is 8. The molecule has 58 heavy (non-hydrogen) atoms. The molecule has 0 fully saturated rings. The molecule has 0 aromatic carbocycles. The first-order valence-corrected chi connectivity index (χ1v) is 25.2. The van der Waals surface area contributed by atoms with Gasteiger partial charge in [0.15, 0.2) is 6.10 Å². The molecule has 0 aromatic heterocycles. The molecule has 0 aromatic rings. The van der Waals surface area contributed by atoms with Crippen molar-refractivity contribution in [1.82, 2.24) is 0 Å². The van der Waals surface area contributed by atoms with E-state index in [-0.39, 0.29) is 32.0 Å². The number of carbonyl (C=O) groups excluding carboxylic acids is 2. The van der Waals surface area contributed by atoms with E-state index in [1.807, 2.05) is 21.1 Å². The van der Waals surface area contributed by atoms with Crippen molar-refractivity contribution in [2.45, 2.75) is 213 Å². The maximum atomic E-state index is 12.7. The molecule has 0 bridgehead atoms. The van der Waals surface area contributed by atoms with Crippen molar-refractivity contribution in [3.8, 4) is 0 Å². The van der Waals surface area contributed by atoms with Gasteiger partial charge >= 0.3 is 11.9 Å². The van der Waals surface area contributed by atoms with Gasteiger partial charge in [-0.1, -0.05) is 185 Å². The van der Waals surface area contributed by atoms with Gasteiger partial charge in [-0.05, 0) is 44.9 Å². The Morgan fingerprint density at radius 1 is 0.552 bits per heavy atom. The fourth-order valence-corrected chi connectivity index (χ4v) is 7.22. The van der Waals surface area contributed by atoms with Crippen molar-refractivity contribution in [1.29, 1.82) is 0 Å². The second-order valence-corrected chi connectivity index (χ2v) is 18.5. The van der Waals surface area contributed by atoms with E-state index < -0.39 is 26.5 Å². The van der Waals surface area contributed by atoms with Crippen LogP contribution in [0.5, 0.6) is 0 Å². The average molecular weight is 840 g/mol. The summed E-state index contributed by atoms with van der Waals surface area (Å²) in [6, 6.07) is 0. The minimum Gasteiger partial charge on any atom is -0.756 e. The lowest BCUT2D eigenvalue weighted by Gasteiger charge is -2.28. The molecule has 2 atom stereocenters. The SMILES string of the molecule is CC/C=C\C/C=C\C/C=C\CCCCCCCC(=O)OC(COC(=O)CCCCCCCCCCCCCCCCCCCCC)COP(=O)([O-])OCC[N+](C)(C)C. The average Bonchev–Trinajstić information content (AvgIpc) is 3.17. The number of phosphoric ester groups is 1. The molecule has 0 aliphatic heterocycles. The van der Waals surface area contributed by atoms with E-state index in [2.05, 4.69) is 50.3 Å². The summed E-state index contributed by atoms with van der Waals surface area (Å²) in [6.45, 7) is 4.12. The smallest absolute Gasteiger partial charge is 0.306 e. The third-order valence-corrected chi connectivity index (χ3v) is 11.1. The van der Waals surface area contributed by atoms with Gasteiger partial charge in [0.2, 0.25) is 0 Å². The van der Waals surface area contributed by atoms with Crippen molar-refractivity contribution in [3.05, 3.63) is 36.5 Å². The molecule has 0 aliphatic rings. The van der Waals surface area contributed by atoms with Gasteiger partial charge in [-0.15, -0.1) is 0 Å². The second-order valence-electron chi connectivity index (χ2n) is 17.1. The summed E-state index contributed by atoms with van der Waals surface area (Å²) in [4.78, 5) is 37.6. The Labute approximate surface area is 357 Å². The topological polar surface area (TPSA) is 111 Å². The van der Waals surface area contributed by atoms with Crippen LogP contribution in [0, 0.1) is 0 Å². The van der Waals surface area contributed by atoms with Crippen molar-refractivity contribution in [3.63, 3.8) is 0 Å². The van der Waals surface area contributed by atoms with Crippen LogP contribution in [0.2, 0.25) is 0 Å². The summed E-state index contributed by atoms with van der Waals surface area (Å²) in [7, 11) is 1.16. The van der Waals surface area contributed by atoms with Crippen LogP contribution in [-0.4, -0.2) is 70.0 Å². The predicted octanol–water partition coefficient (Wildman–Crippen LogP) is 13.1. The predicted molar refractivity (Wildman–Crippen MR) is 241 cm³/mol. The molecule has 0 aliphatic carbocycles. The lowest BCUT2D eigenvalue weighted by Crippen LogP contribution is -2.37. The van der Waals surface area contributed by atoms with Gasteiger partial charge in [-0.2, -0.15) is 0 Å². The number of nitrogens with zero attached hydrogens (tertiary/aromatic N) is 1. The van der Waals surface area contributed by atoms with Crippen LogP contribution in [0.15, 0.2) is 36.5 Å². The van der Waals surface area contributed by atoms with Crippen molar-refractivity contribution in [2.24, 2.45) is 0 Å². The number of hydrogen-bond donors (Lipinski definition) is 0. The van der Waals surface area contributed by atoms with E-state index in [0.29, 0.717) is 17.4 Å². The fourth-order valence-electron chi connectivity index (χ4n) is 6.49. The monoisotopic (exact) mass is 840 g/mol. The number of unbranched alkanes of at least 4 members (excludes halogenated alkanes) is 23. The van der Waals surface area contributed by atoms with Crippen LogP contribution in [0.1, 0.15) is 206 Å². The molecule has 0 rings (SSSR count). The number of likely N-dealkylation sites (N-methyl/N-ethyl adjacent to an activating group) is 1. The van der Waals surface area contributed by atoms with E-state index in [0.717, 1.165) is 70.6 Å². The molecular formula is C48H90NO8P. The van der Waals surface area contributed by atoms with Crippen LogP contribution in [0.3, 0.4) is 0 Å². The van der Waals surface area contributed by atoms with Crippen LogP contribution >= 0.6 is 7.82 Å². The zero-order valence-corrected chi connectivity index (χ0v) is 39.1. The van der Waals surface area contributed by atoms with Crippen molar-refractivity contribution in [2.75, 3.05) is 47.5 Å². The summed E-state index contributed by atoms with van der Waals surface area (Å²) in [6.07, 6.45) is 46.0. The minimum atomic E-state index is -4.63. The zero-order valence-electron chi connectivity index (χ0n) is 38.2. The van der Waals surface area contributed by atoms with Gasteiger partial charge in [0.05, 0.1) is 27.7 Å². The number of esters is 2. The first-order valence-electron chi connectivity index (χ1n) is 23.7. The Balaban J connectivity index is 4.28. The van der Waals surface area contributed by atoms with Crippen LogP contribution in [0.25, 0.3) is 0 Å². The van der Waals surface area contributed by atoms with Gasteiger partial charge in [-0.3, -0.25) is 14.2 Å². The first kappa shape index (κ1) is 56.2. The Bertz CT molecular complexity index is 1090. The van der Waals surface area contributed by atoms with E-state index >= 15 is 0 Å². The highest BCUT2D eigenvalue weighted by Crippen LogP contribution is 2.38. The molecule has 2 unspecified atom stereocenters. The van der Waals surface area contributed by atoms with E-state index in [9.17, 15) is 19.0 Å². The summed E-state index contributed by atoms with van der Waals surface area (Å²) in [5.74, 6) is -0.847. The number of rotatable bonds is 43. The maximum absolute atomic E-state index is 12.7. The molecular weight excluding hydrogens is 750 g/mol. The largest absolute Gasteiger partial charge is 0.756 e. The molecule has 0 heterocycles. The molecule has 340 valence electrons. The zero-order chi connectivity index (χ0) is 42.8. The number of quaternary nitrogens is 1. The highest BCUT2D eigenvalue weighted by Gasteiger charge is 2.21. The van der Waals surface area contributed by atoms with Gasteiger partial charge < -0.3 is 27.9 Å². The van der Waals surface area contributed by atoms with Crippen molar-refractivity contribution >= 4 is 19.8 Å². The van der Waals surface area contributed by atoms with E-state index in [1.165, 1.54) is 103 Å². The van der Waals surface area contributed by atoms with Crippen LogP contribution in [-0.2, 0) is 32.7 Å². The molecule has 0 spiro atoms. The van der Waals surface area contributed by atoms with Crippen LogP contribution in [0.4, 0.5) is 0 Å². The van der Waals surface area contributed by atoms with Gasteiger partial charge in [-0.25, -0.2) is 0 Å². The Morgan fingerprint density at radius 3 is 1.47 bits per heavy atom. The minimum absolute atomic E-state index is 0.0337. The summed E-state index contributed by atoms with van der Waals surface area (Å²) in [5, 5.41) is 0. The number of phosphoric acid groups is 1. The fraction of sp³-hybridized carbons (Fsp3) is 0.833. The molecule has 0 N–H and O–H groups in total. The number of carbonyl (C=O) groups is 2. The third kappa shape index (κ3) is 43.8. The van der Waals surface area contributed by atoms with Crippen molar-refractivity contribution < 1.29 is 42.1 Å². The molecule has 0 amide bonds. The summed E-state index contributed by atoms with van der Waals surface area (Å²) in [5.41, 5.74) is 0. The quantitative estimate of drug-likeness (QED) is 0.0196. The molecule has 10 heteroatoms. The van der Waals surface area contributed by atoms with Gasteiger partial charge in [0.1, 0.15) is 19.8 Å². The second kappa shape index (κ2) is 40.6. The normalized spacial score (nSPS) is 13.8. The highest BCUT2D eigenvalue weighted by atomic mass is 31.2. The van der Waals surface area contributed by atoms with Crippen LogP contribution < -0.4 is 4.89 Å². The standard InChI is InChI=1S/C48H90NO8P/c1-6-8-10-12-14-16-18-20-22-23-24-25-27-28-30-32-34-36-38-40-47(50)54-44-46(45-56-58(52,53)55-43-42-49(3,4)5)57-48(51)41-39-37-35-33-31-29-26-21-19-17-15-13-11-9-7-2/h9,11,15,17,21,26,46H,6-8,10,12-14,16,18-20,22-25,27-45H2,1-5H3/b11-9-,17-15-,26-21-. The third-order valence-electron chi connectivity index (χ3n) is 10.2. The summed E-state index contributed by atoms with van der Waals surface area (Å²) >= 11 is 0. The lowest BCUT2D eigenvalue weighted by molar-refractivity contribution is -0.870. The van der Waals surface area contributed by atoms with Gasteiger partial charge in [0.25, 0.3) is 7.82 Å². The molecule has 9 nitrogen and oxygen atoms in total. The molecule has 0 radical (unpaired) electrons. The highest BCUT2D eigenvalue weighted by molar-refractivity contribution is 7.45. The summed E-state index contributed by atoms with van der Waals surface area (Å²) < 4.78 is 33.9. The van der Waals surface area contributed by atoms with Gasteiger partial charge in [0, 0.05) is 12.8 Å². The Hall–Kier alpha value is -1.77.